The number of nitrogens with zero attached hydrogens (tertiary/aromatic N) is 1. The van der Waals surface area contributed by atoms with Crippen molar-refractivity contribution in [3.05, 3.63) is 16.1 Å². The third-order valence-corrected chi connectivity index (χ3v) is 4.60. The fourth-order valence-corrected chi connectivity index (χ4v) is 3.46. The molecule has 18 heavy (non-hydrogen) atoms. The van der Waals surface area contributed by atoms with Gasteiger partial charge in [0.15, 0.2) is 0 Å². The van der Waals surface area contributed by atoms with E-state index in [4.69, 9.17) is 14.5 Å². The third-order valence-electron chi connectivity index (χ3n) is 3.56. The first-order chi connectivity index (χ1) is 8.72. The number of rotatable bonds is 5. The van der Waals surface area contributed by atoms with Crippen LogP contribution >= 0.6 is 11.3 Å². The predicted molar refractivity (Wildman–Crippen MR) is 72.9 cm³/mol. The summed E-state index contributed by atoms with van der Waals surface area (Å²) in [5, 5.41) is 6.62. The lowest BCUT2D eigenvalue weighted by atomic mass is 9.95. The molecule has 1 unspecified atom stereocenters. The monoisotopic (exact) mass is 270 g/mol. The maximum absolute atomic E-state index is 5.77. The van der Waals surface area contributed by atoms with E-state index in [0.29, 0.717) is 6.04 Å². The molecule has 1 atom stereocenters. The van der Waals surface area contributed by atoms with Crippen LogP contribution in [0.2, 0.25) is 0 Å². The maximum atomic E-state index is 5.77. The molecule has 2 heterocycles. The van der Waals surface area contributed by atoms with Crippen LogP contribution in [0.5, 0.6) is 0 Å². The van der Waals surface area contributed by atoms with Crippen molar-refractivity contribution in [2.45, 2.75) is 38.3 Å². The number of aromatic nitrogens is 1. The van der Waals surface area contributed by atoms with Crippen molar-refractivity contribution >= 4 is 11.3 Å². The van der Waals surface area contributed by atoms with Crippen molar-refractivity contribution in [1.29, 1.82) is 0 Å². The van der Waals surface area contributed by atoms with Crippen LogP contribution in [0, 0.1) is 0 Å². The molecule has 0 spiro atoms. The van der Waals surface area contributed by atoms with Crippen molar-refractivity contribution in [3.8, 4) is 0 Å². The molecule has 1 aliphatic rings. The van der Waals surface area contributed by atoms with Gasteiger partial charge in [0, 0.05) is 44.6 Å². The second-order valence-electron chi connectivity index (χ2n) is 4.67. The van der Waals surface area contributed by atoms with Crippen LogP contribution in [0.3, 0.4) is 0 Å². The van der Waals surface area contributed by atoms with Crippen molar-refractivity contribution in [3.63, 3.8) is 0 Å². The summed E-state index contributed by atoms with van der Waals surface area (Å²) in [7, 11) is 1.78. The van der Waals surface area contributed by atoms with Crippen molar-refractivity contribution in [1.82, 2.24) is 10.3 Å². The molecule has 1 saturated heterocycles. The van der Waals surface area contributed by atoms with Gasteiger partial charge >= 0.3 is 0 Å². The zero-order valence-corrected chi connectivity index (χ0v) is 12.2. The Morgan fingerprint density at radius 1 is 1.56 bits per heavy atom. The van der Waals surface area contributed by atoms with Crippen molar-refractivity contribution < 1.29 is 9.47 Å². The van der Waals surface area contributed by atoms with E-state index in [-0.39, 0.29) is 5.60 Å². The van der Waals surface area contributed by atoms with Gasteiger partial charge in [-0.1, -0.05) is 6.92 Å². The number of ether oxygens (including phenoxy) is 2. The van der Waals surface area contributed by atoms with Gasteiger partial charge in [-0.15, -0.1) is 11.3 Å². The molecule has 1 aromatic heterocycles. The van der Waals surface area contributed by atoms with E-state index < -0.39 is 0 Å². The highest BCUT2D eigenvalue weighted by Gasteiger charge is 2.37. The predicted octanol–water partition coefficient (Wildman–Crippen LogP) is 2.47. The molecule has 0 amide bonds. The summed E-state index contributed by atoms with van der Waals surface area (Å²) < 4.78 is 11.2. The summed E-state index contributed by atoms with van der Waals surface area (Å²) in [5.41, 5.74) is 0.882. The van der Waals surface area contributed by atoms with Crippen LogP contribution in [-0.4, -0.2) is 31.9 Å². The van der Waals surface area contributed by atoms with Gasteiger partial charge in [-0.3, -0.25) is 0 Å². The average Bonchev–Trinajstić information content (AvgIpc) is 2.90. The van der Waals surface area contributed by atoms with Crippen LogP contribution in [0.1, 0.15) is 43.4 Å². The molecule has 0 aromatic carbocycles. The smallest absolute Gasteiger partial charge is 0.125 e. The highest BCUT2D eigenvalue weighted by molar-refractivity contribution is 7.09. The minimum Gasteiger partial charge on any atom is -0.381 e. The van der Waals surface area contributed by atoms with Gasteiger partial charge < -0.3 is 14.8 Å². The summed E-state index contributed by atoms with van der Waals surface area (Å²) in [6.45, 7) is 6.72. The zero-order chi connectivity index (χ0) is 13.0. The van der Waals surface area contributed by atoms with Crippen molar-refractivity contribution in [2.24, 2.45) is 0 Å². The number of hydrogen-bond acceptors (Lipinski definition) is 5. The second-order valence-corrected chi connectivity index (χ2v) is 5.53. The zero-order valence-electron chi connectivity index (χ0n) is 11.4. The van der Waals surface area contributed by atoms with Gasteiger partial charge in [-0.05, 0) is 13.5 Å². The summed E-state index contributed by atoms with van der Waals surface area (Å²) in [6, 6.07) is 0.300. The summed E-state index contributed by atoms with van der Waals surface area (Å²) >= 11 is 1.70. The first kappa shape index (κ1) is 13.9. The fraction of sp³-hybridized carbons (Fsp3) is 0.769. The van der Waals surface area contributed by atoms with Crippen LogP contribution < -0.4 is 5.32 Å². The topological polar surface area (TPSA) is 43.4 Å². The SMILES string of the molecule is CCNC(C)c1csc(C2(OC)CCOCC2)n1. The standard InChI is InChI=1S/C13H22N2O2S/c1-4-14-10(2)11-9-18-12(15-11)13(16-3)5-7-17-8-6-13/h9-10,14H,4-8H2,1-3H3. The molecular weight excluding hydrogens is 248 g/mol. The van der Waals surface area contributed by atoms with E-state index in [1.54, 1.807) is 18.4 Å². The van der Waals surface area contributed by atoms with Crippen molar-refractivity contribution in [2.75, 3.05) is 26.9 Å². The Balaban J connectivity index is 2.16. The molecule has 2 rings (SSSR count). The van der Waals surface area contributed by atoms with E-state index in [0.717, 1.165) is 43.3 Å². The molecule has 5 heteroatoms. The molecule has 102 valence electrons. The van der Waals surface area contributed by atoms with Crippen LogP contribution in [0.15, 0.2) is 5.38 Å². The average molecular weight is 270 g/mol. The molecule has 1 fully saturated rings. The van der Waals surface area contributed by atoms with E-state index >= 15 is 0 Å². The number of nitrogens with one attached hydrogen (secondary N) is 1. The molecule has 1 aliphatic heterocycles. The van der Waals surface area contributed by atoms with Gasteiger partial charge in [0.1, 0.15) is 10.6 Å². The molecule has 0 aliphatic carbocycles. The number of hydrogen-bond donors (Lipinski definition) is 1. The first-order valence-corrected chi connectivity index (χ1v) is 7.42. The normalized spacial score (nSPS) is 20.8. The Hall–Kier alpha value is -0.490. The molecule has 0 bridgehead atoms. The van der Waals surface area contributed by atoms with Gasteiger partial charge in [0.2, 0.25) is 0 Å². The van der Waals surface area contributed by atoms with E-state index in [9.17, 15) is 0 Å². The molecule has 4 nitrogen and oxygen atoms in total. The number of methoxy groups -OCH3 is 1. The molecule has 0 radical (unpaired) electrons. The quantitative estimate of drug-likeness (QED) is 0.892. The summed E-state index contributed by atoms with van der Waals surface area (Å²) in [4.78, 5) is 4.77. The second kappa shape index (κ2) is 6.10. The van der Waals surface area contributed by atoms with E-state index in [2.05, 4.69) is 24.5 Å². The van der Waals surface area contributed by atoms with Gasteiger partial charge in [-0.2, -0.15) is 0 Å². The van der Waals surface area contributed by atoms with Crippen LogP contribution in [0.25, 0.3) is 0 Å². The Bertz CT molecular complexity index is 375. The minimum absolute atomic E-state index is 0.229. The number of thiazole rings is 1. The molecular formula is C13H22N2O2S. The van der Waals surface area contributed by atoms with Crippen LogP contribution in [0.4, 0.5) is 0 Å². The van der Waals surface area contributed by atoms with E-state index in [1.165, 1.54) is 0 Å². The lowest BCUT2D eigenvalue weighted by Crippen LogP contribution is -2.35. The molecule has 0 saturated carbocycles. The minimum atomic E-state index is -0.229. The van der Waals surface area contributed by atoms with Gasteiger partial charge in [-0.25, -0.2) is 4.98 Å². The van der Waals surface area contributed by atoms with Crippen LogP contribution in [-0.2, 0) is 15.1 Å². The highest BCUT2D eigenvalue weighted by atomic mass is 32.1. The third kappa shape index (κ3) is 2.74. The maximum Gasteiger partial charge on any atom is 0.125 e. The van der Waals surface area contributed by atoms with Gasteiger partial charge in [0.25, 0.3) is 0 Å². The Kier molecular flexibility index (Phi) is 4.72. The Morgan fingerprint density at radius 3 is 2.89 bits per heavy atom. The highest BCUT2D eigenvalue weighted by Crippen LogP contribution is 2.37. The van der Waals surface area contributed by atoms with E-state index in [1.807, 2.05) is 0 Å². The van der Waals surface area contributed by atoms with Gasteiger partial charge in [0.05, 0.1) is 5.69 Å². The fourth-order valence-electron chi connectivity index (χ4n) is 2.31. The molecule has 1 aromatic rings. The summed E-state index contributed by atoms with van der Waals surface area (Å²) in [6.07, 6.45) is 1.79. The Morgan fingerprint density at radius 2 is 2.28 bits per heavy atom. The Labute approximate surface area is 113 Å². The largest absolute Gasteiger partial charge is 0.381 e. The molecule has 1 N–H and O–H groups in total. The first-order valence-electron chi connectivity index (χ1n) is 6.54. The summed E-state index contributed by atoms with van der Waals surface area (Å²) in [5.74, 6) is 0. The lowest BCUT2D eigenvalue weighted by molar-refractivity contribution is -0.0949. The lowest BCUT2D eigenvalue weighted by Gasteiger charge is -2.33.